The van der Waals surface area contributed by atoms with Gasteiger partial charge in [-0.3, -0.25) is 15.6 Å². The topological polar surface area (TPSA) is 112 Å². The van der Waals surface area contributed by atoms with Crippen LogP contribution in [0.25, 0.3) is 5.70 Å². The Morgan fingerprint density at radius 2 is 1.94 bits per heavy atom. The van der Waals surface area contributed by atoms with E-state index in [1.54, 1.807) is 0 Å². The molecule has 2 heterocycles. The number of aromatic nitrogens is 3. The summed E-state index contributed by atoms with van der Waals surface area (Å²) in [5, 5.41) is 3.98. The number of hydrogen-bond acceptors (Lipinski definition) is 6. The highest BCUT2D eigenvalue weighted by Gasteiger charge is 2.34. The molecule has 1 saturated carbocycles. The summed E-state index contributed by atoms with van der Waals surface area (Å²) >= 11 is 0. The lowest BCUT2D eigenvalue weighted by molar-refractivity contribution is -0.138. The zero-order valence-electron chi connectivity index (χ0n) is 17.0. The van der Waals surface area contributed by atoms with E-state index in [1.165, 1.54) is 12.3 Å². The number of nitrogens with zero attached hydrogens (tertiary/aromatic N) is 3. The van der Waals surface area contributed by atoms with E-state index in [9.17, 15) is 26.7 Å². The van der Waals surface area contributed by atoms with Gasteiger partial charge in [0.05, 0.1) is 23.5 Å². The molecule has 32 heavy (non-hydrogen) atoms. The minimum atomic E-state index is -4.69. The van der Waals surface area contributed by atoms with Crippen LogP contribution in [0.1, 0.15) is 60.5 Å². The first-order chi connectivity index (χ1) is 15.1. The van der Waals surface area contributed by atoms with Crippen LogP contribution >= 0.6 is 0 Å². The van der Waals surface area contributed by atoms with E-state index in [0.29, 0.717) is 12.8 Å². The van der Waals surface area contributed by atoms with Gasteiger partial charge in [0.2, 0.25) is 0 Å². The molecule has 0 aromatic carbocycles. The second-order valence-electron chi connectivity index (χ2n) is 7.55. The number of alkyl halides is 5. The molecule has 5 N–H and O–H groups in total. The first kappa shape index (κ1) is 23.6. The van der Waals surface area contributed by atoms with Crippen molar-refractivity contribution in [1.82, 2.24) is 20.2 Å². The second-order valence-corrected chi connectivity index (χ2v) is 7.55. The summed E-state index contributed by atoms with van der Waals surface area (Å²) in [6.07, 6.45) is -2.44. The highest BCUT2D eigenvalue weighted by Crippen LogP contribution is 2.33. The highest BCUT2D eigenvalue weighted by atomic mass is 19.4. The Labute approximate surface area is 180 Å². The summed E-state index contributed by atoms with van der Waals surface area (Å²) in [6.45, 7) is -0.602. The predicted molar refractivity (Wildman–Crippen MR) is 107 cm³/mol. The number of allylic oxidation sites excluding steroid dienone is 1. The predicted octanol–water partition coefficient (Wildman–Crippen LogP) is 3.11. The van der Waals surface area contributed by atoms with Crippen LogP contribution in [-0.2, 0) is 12.7 Å². The molecule has 0 amide bonds. The summed E-state index contributed by atoms with van der Waals surface area (Å²) in [5.41, 5.74) is 4.43. The average Bonchev–Trinajstić information content (AvgIpc) is 2.75. The summed E-state index contributed by atoms with van der Waals surface area (Å²) < 4.78 is 67.5. The second kappa shape index (κ2) is 9.63. The lowest BCUT2D eigenvalue weighted by atomic mass is 9.84. The van der Waals surface area contributed by atoms with E-state index in [-0.39, 0.29) is 17.2 Å². The molecule has 2 aromatic heterocycles. The zero-order valence-corrected chi connectivity index (χ0v) is 17.0. The average molecular weight is 458 g/mol. The molecule has 0 spiro atoms. The molecule has 2 aromatic rings. The van der Waals surface area contributed by atoms with Gasteiger partial charge in [-0.1, -0.05) is 19.3 Å². The van der Waals surface area contributed by atoms with Gasteiger partial charge in [-0.2, -0.15) is 18.3 Å². The van der Waals surface area contributed by atoms with Gasteiger partial charge in [0.15, 0.2) is 0 Å². The monoisotopic (exact) mass is 458 g/mol. The fourth-order valence-corrected chi connectivity index (χ4v) is 3.87. The van der Waals surface area contributed by atoms with E-state index in [2.05, 4.69) is 10.1 Å². The molecule has 0 unspecified atom stereocenters. The SMILES string of the molecule is NN/C(=C(\N)c1cc(C2CCCCC2)c(=O)n(Cc2ncccc2C(F)(F)F)n1)C(F)F. The lowest BCUT2D eigenvalue weighted by Crippen LogP contribution is -2.33. The summed E-state index contributed by atoms with van der Waals surface area (Å²) in [7, 11) is 0. The lowest BCUT2D eigenvalue weighted by Gasteiger charge is -2.23. The Morgan fingerprint density at radius 1 is 1.25 bits per heavy atom. The molecule has 7 nitrogen and oxygen atoms in total. The molecular formula is C20H23F5N6O. The molecule has 0 aliphatic heterocycles. The Hall–Kier alpha value is -3.02. The quantitative estimate of drug-likeness (QED) is 0.349. The number of pyridine rings is 1. The van der Waals surface area contributed by atoms with Crippen molar-refractivity contribution >= 4 is 5.70 Å². The number of rotatable bonds is 6. The fourth-order valence-electron chi connectivity index (χ4n) is 3.87. The van der Waals surface area contributed by atoms with E-state index in [0.717, 1.165) is 36.1 Å². The van der Waals surface area contributed by atoms with Crippen molar-refractivity contribution in [1.29, 1.82) is 0 Å². The van der Waals surface area contributed by atoms with Gasteiger partial charge < -0.3 is 11.2 Å². The van der Waals surface area contributed by atoms with Crippen LogP contribution < -0.4 is 22.6 Å². The number of halogens is 5. The van der Waals surface area contributed by atoms with Crippen LogP contribution in [-0.4, -0.2) is 21.2 Å². The summed E-state index contributed by atoms with van der Waals surface area (Å²) in [6, 6.07) is 3.31. The number of nitrogens with one attached hydrogen (secondary N) is 1. The van der Waals surface area contributed by atoms with Crippen molar-refractivity contribution in [2.45, 2.75) is 57.2 Å². The van der Waals surface area contributed by atoms with Crippen LogP contribution in [0.3, 0.4) is 0 Å². The third-order valence-corrected chi connectivity index (χ3v) is 5.48. The first-order valence-corrected chi connectivity index (χ1v) is 10.0. The van der Waals surface area contributed by atoms with E-state index >= 15 is 0 Å². The number of nitrogens with two attached hydrogens (primary N) is 2. The maximum atomic E-state index is 13.4. The van der Waals surface area contributed by atoms with E-state index < -0.39 is 47.4 Å². The molecule has 174 valence electrons. The van der Waals surface area contributed by atoms with Crippen LogP contribution in [0, 0.1) is 0 Å². The normalized spacial score (nSPS) is 16.2. The third kappa shape index (κ3) is 5.06. The maximum Gasteiger partial charge on any atom is 0.418 e. The fraction of sp³-hybridized carbons (Fsp3) is 0.450. The molecular weight excluding hydrogens is 435 g/mol. The molecule has 1 aliphatic carbocycles. The van der Waals surface area contributed by atoms with Crippen molar-refractivity contribution in [3.05, 3.63) is 63.0 Å². The van der Waals surface area contributed by atoms with Crippen molar-refractivity contribution < 1.29 is 22.0 Å². The van der Waals surface area contributed by atoms with Crippen molar-refractivity contribution in [2.75, 3.05) is 0 Å². The molecule has 0 radical (unpaired) electrons. The van der Waals surface area contributed by atoms with Crippen molar-refractivity contribution in [2.24, 2.45) is 11.6 Å². The molecule has 1 aliphatic rings. The molecule has 3 rings (SSSR count). The third-order valence-electron chi connectivity index (χ3n) is 5.48. The van der Waals surface area contributed by atoms with E-state index in [1.807, 2.05) is 5.43 Å². The van der Waals surface area contributed by atoms with E-state index in [4.69, 9.17) is 11.6 Å². The highest BCUT2D eigenvalue weighted by molar-refractivity contribution is 5.63. The van der Waals surface area contributed by atoms with Gasteiger partial charge in [-0.05, 0) is 37.0 Å². The summed E-state index contributed by atoms with van der Waals surface area (Å²) in [4.78, 5) is 16.9. The van der Waals surface area contributed by atoms with Crippen LogP contribution in [0.2, 0.25) is 0 Å². The smallest absolute Gasteiger partial charge is 0.395 e. The molecule has 12 heteroatoms. The maximum absolute atomic E-state index is 13.4. The first-order valence-electron chi connectivity index (χ1n) is 10.0. The molecule has 1 fully saturated rings. The Kier molecular flexibility index (Phi) is 7.12. The molecule has 0 saturated heterocycles. The Morgan fingerprint density at radius 3 is 2.53 bits per heavy atom. The van der Waals surface area contributed by atoms with Crippen LogP contribution in [0.5, 0.6) is 0 Å². The van der Waals surface area contributed by atoms with Gasteiger partial charge in [0.1, 0.15) is 11.4 Å². The van der Waals surface area contributed by atoms with Crippen LogP contribution in [0.4, 0.5) is 22.0 Å². The standard InChI is InChI=1S/C20H23F5N6O/c21-18(22)17(29-27)16(26)14-9-12(11-5-2-1-3-6-11)19(32)31(30-14)10-15-13(20(23,24)25)7-4-8-28-15/h4,7-9,11,18,29H,1-3,5-6,10,26-27H2/b17-16-. The minimum absolute atomic E-state index is 0.177. The van der Waals surface area contributed by atoms with Crippen LogP contribution in [0.15, 0.2) is 34.9 Å². The van der Waals surface area contributed by atoms with Crippen molar-refractivity contribution in [3.8, 4) is 0 Å². The molecule has 0 atom stereocenters. The van der Waals surface area contributed by atoms with Gasteiger partial charge >= 0.3 is 6.18 Å². The number of hydrazine groups is 1. The number of hydrogen-bond donors (Lipinski definition) is 3. The zero-order chi connectivity index (χ0) is 23.5. The van der Waals surface area contributed by atoms with Gasteiger partial charge in [0.25, 0.3) is 12.0 Å². The minimum Gasteiger partial charge on any atom is -0.395 e. The Balaban J connectivity index is 2.17. The molecule has 0 bridgehead atoms. The van der Waals surface area contributed by atoms with Gasteiger partial charge in [-0.15, -0.1) is 0 Å². The van der Waals surface area contributed by atoms with Gasteiger partial charge in [-0.25, -0.2) is 13.5 Å². The van der Waals surface area contributed by atoms with Crippen molar-refractivity contribution in [3.63, 3.8) is 0 Å². The Bertz CT molecular complexity index is 1040. The van der Waals surface area contributed by atoms with Gasteiger partial charge in [0, 0.05) is 11.8 Å². The largest absolute Gasteiger partial charge is 0.418 e. The summed E-state index contributed by atoms with van der Waals surface area (Å²) in [5.74, 6) is 4.98.